The number of aliphatic hydroxyl groups is 1. The third-order valence-electron chi connectivity index (χ3n) is 8.94. The molecule has 2 aromatic rings. The Morgan fingerprint density at radius 1 is 0.979 bits per heavy atom. The second kappa shape index (κ2) is 17.4. The topological polar surface area (TPSA) is 167 Å². The van der Waals surface area contributed by atoms with Crippen molar-refractivity contribution in [3.8, 4) is 5.75 Å². The summed E-state index contributed by atoms with van der Waals surface area (Å²) in [5.74, 6) is -0.624. The number of benzene rings is 1. The minimum absolute atomic E-state index is 0.000961. The maximum absolute atomic E-state index is 14.1. The lowest BCUT2D eigenvalue weighted by Crippen LogP contribution is -2.57. The van der Waals surface area contributed by atoms with E-state index in [-0.39, 0.29) is 42.9 Å². The van der Waals surface area contributed by atoms with Gasteiger partial charge in [0.05, 0.1) is 11.7 Å². The van der Waals surface area contributed by atoms with Gasteiger partial charge in [-0.25, -0.2) is 0 Å². The number of aromatic nitrogens is 2. The van der Waals surface area contributed by atoms with E-state index in [0.29, 0.717) is 36.9 Å². The van der Waals surface area contributed by atoms with Gasteiger partial charge < -0.3 is 34.8 Å². The van der Waals surface area contributed by atoms with Crippen molar-refractivity contribution < 1.29 is 33.5 Å². The summed E-state index contributed by atoms with van der Waals surface area (Å²) >= 11 is 0. The van der Waals surface area contributed by atoms with Gasteiger partial charge in [0.1, 0.15) is 23.9 Å². The first-order valence-corrected chi connectivity index (χ1v) is 17.3. The Labute approximate surface area is 283 Å². The van der Waals surface area contributed by atoms with Gasteiger partial charge in [0, 0.05) is 33.0 Å². The zero-order valence-corrected chi connectivity index (χ0v) is 28.9. The monoisotopic (exact) mass is 668 g/mol. The molecular weight excluding hydrogens is 616 g/mol. The Bertz CT molecular complexity index is 1390. The maximum Gasteiger partial charge on any atom is 0.255 e. The number of likely N-dealkylation sites (N-methyl/N-ethyl adjacent to an activating group) is 1. The summed E-state index contributed by atoms with van der Waals surface area (Å²) in [6, 6.07) is 4.01. The Kier molecular flexibility index (Phi) is 13.4. The van der Waals surface area contributed by atoms with Crippen LogP contribution < -0.4 is 15.4 Å². The van der Waals surface area contributed by atoms with E-state index in [9.17, 15) is 24.3 Å². The first-order valence-electron chi connectivity index (χ1n) is 17.3. The van der Waals surface area contributed by atoms with Crippen LogP contribution in [0, 0.1) is 11.8 Å². The summed E-state index contributed by atoms with van der Waals surface area (Å²) in [4.78, 5) is 62.3. The van der Waals surface area contributed by atoms with Crippen molar-refractivity contribution in [2.75, 3.05) is 20.1 Å². The van der Waals surface area contributed by atoms with Crippen molar-refractivity contribution in [2.45, 2.75) is 116 Å². The molecule has 1 aromatic carbocycles. The fourth-order valence-electron chi connectivity index (χ4n) is 6.52. The molecule has 0 radical (unpaired) electrons. The van der Waals surface area contributed by atoms with Crippen LogP contribution in [0.5, 0.6) is 5.75 Å². The van der Waals surface area contributed by atoms with Crippen LogP contribution in [0.25, 0.3) is 0 Å². The molecule has 3 heterocycles. The van der Waals surface area contributed by atoms with Crippen LogP contribution in [0.15, 0.2) is 28.8 Å². The number of para-hydroxylation sites is 1. The highest BCUT2D eigenvalue weighted by Crippen LogP contribution is 2.25. The van der Waals surface area contributed by atoms with Gasteiger partial charge in [-0.2, -0.15) is 4.98 Å². The molecule has 3 N–H and O–H groups in total. The van der Waals surface area contributed by atoms with Crippen LogP contribution >= 0.6 is 0 Å². The van der Waals surface area contributed by atoms with Gasteiger partial charge in [-0.1, -0.05) is 70.7 Å². The third kappa shape index (κ3) is 9.77. The number of aryl methyl sites for hydroxylation is 1. The van der Waals surface area contributed by atoms with Gasteiger partial charge in [-0.15, -0.1) is 0 Å². The predicted molar refractivity (Wildman–Crippen MR) is 178 cm³/mol. The number of ether oxygens (including phenoxy) is 1. The lowest BCUT2D eigenvalue weighted by Gasteiger charge is -2.35. The predicted octanol–water partition coefficient (Wildman–Crippen LogP) is 3.25. The van der Waals surface area contributed by atoms with Gasteiger partial charge >= 0.3 is 0 Å². The molecule has 2 bridgehead atoms. The summed E-state index contributed by atoms with van der Waals surface area (Å²) < 4.78 is 11.4. The van der Waals surface area contributed by atoms with Crippen molar-refractivity contribution in [1.82, 2.24) is 30.6 Å². The standard InChI is InChI=1S/C35H52N6O7/c1-22(2)18-26-34(45)41-20-24(42)19-27(41)35(46)40(5)31(23(3)4)33(44)36-17-13-9-7-6-8-10-16-30-38-29(39-48-30)21-47-28-15-12-11-14-25(28)32(43)37-26/h11-12,14-15,22-24,26-27,31,42H,6-10,13,16-21H2,1-5H3,(H,36,44)(H,37,43)/t24-,26+,27+,31-/m0/s1. The minimum Gasteiger partial charge on any atom is -0.485 e. The van der Waals surface area contributed by atoms with Crippen molar-refractivity contribution in [2.24, 2.45) is 11.8 Å². The average molecular weight is 669 g/mol. The molecule has 1 aromatic heterocycles. The normalized spacial score (nSPS) is 24.6. The second-order valence-electron chi connectivity index (χ2n) is 13.7. The minimum atomic E-state index is -0.979. The second-order valence-corrected chi connectivity index (χ2v) is 13.7. The summed E-state index contributed by atoms with van der Waals surface area (Å²) in [7, 11) is 1.58. The number of hydrogen-bond donors (Lipinski definition) is 3. The number of nitrogens with one attached hydrogen (secondary N) is 2. The van der Waals surface area contributed by atoms with Gasteiger partial charge in [0.15, 0.2) is 6.61 Å². The lowest BCUT2D eigenvalue weighted by molar-refractivity contribution is -0.148. The average Bonchev–Trinajstić information content (AvgIpc) is 3.67. The lowest BCUT2D eigenvalue weighted by atomic mass is 9.99. The van der Waals surface area contributed by atoms with Crippen LogP contribution in [0.1, 0.15) is 101 Å². The molecular formula is C35H52N6O7. The van der Waals surface area contributed by atoms with E-state index in [1.165, 1.54) is 9.80 Å². The van der Waals surface area contributed by atoms with E-state index < -0.39 is 42.0 Å². The van der Waals surface area contributed by atoms with E-state index in [0.717, 1.165) is 38.5 Å². The van der Waals surface area contributed by atoms with E-state index in [4.69, 9.17) is 9.26 Å². The summed E-state index contributed by atoms with van der Waals surface area (Å²) in [6.07, 6.45) is 5.87. The zero-order valence-electron chi connectivity index (χ0n) is 28.9. The first kappa shape index (κ1) is 36.8. The highest BCUT2D eigenvalue weighted by molar-refractivity contribution is 6.00. The molecule has 2 aliphatic heterocycles. The van der Waals surface area contributed by atoms with E-state index in [1.54, 1.807) is 31.3 Å². The summed E-state index contributed by atoms with van der Waals surface area (Å²) in [5.41, 5.74) is 0.226. The van der Waals surface area contributed by atoms with Gasteiger partial charge in [0.2, 0.25) is 29.4 Å². The number of carbonyl (C=O) groups is 4. The smallest absolute Gasteiger partial charge is 0.255 e. The molecule has 1 saturated heterocycles. The molecule has 0 spiro atoms. The van der Waals surface area contributed by atoms with Crippen LogP contribution in [0.2, 0.25) is 0 Å². The summed E-state index contributed by atoms with van der Waals surface area (Å²) in [6.45, 7) is 8.08. The number of fused-ring (bicyclic) bond motifs is 4. The SMILES string of the molecule is CC(C)C[C@H]1NC(=O)c2ccccc2OCc2noc(n2)CCCCCCCCNC(=O)[C@H](C(C)C)N(C)C(=O)[C@H]2C[C@H](O)CN2C1=O. The number of carbonyl (C=O) groups excluding carboxylic acids is 4. The number of nitrogens with zero attached hydrogens (tertiary/aromatic N) is 4. The Morgan fingerprint density at radius 2 is 1.69 bits per heavy atom. The molecule has 4 atom stereocenters. The highest BCUT2D eigenvalue weighted by Gasteiger charge is 2.44. The molecule has 13 nitrogen and oxygen atoms in total. The molecule has 0 aliphatic carbocycles. The molecule has 13 heteroatoms. The Hall–Kier alpha value is -4.00. The van der Waals surface area contributed by atoms with Crippen LogP contribution in [0.3, 0.4) is 0 Å². The maximum atomic E-state index is 14.1. The van der Waals surface area contributed by atoms with Crippen molar-refractivity contribution in [3.05, 3.63) is 41.5 Å². The Balaban J connectivity index is 1.60. The Morgan fingerprint density at radius 3 is 2.42 bits per heavy atom. The van der Waals surface area contributed by atoms with E-state index in [2.05, 4.69) is 20.8 Å². The largest absolute Gasteiger partial charge is 0.485 e. The summed E-state index contributed by atoms with van der Waals surface area (Å²) in [5, 5.41) is 20.6. The quantitative estimate of drug-likeness (QED) is 0.445. The molecule has 1 fully saturated rings. The molecule has 264 valence electrons. The van der Waals surface area contributed by atoms with E-state index in [1.807, 2.05) is 27.7 Å². The number of rotatable bonds is 3. The molecule has 4 amide bonds. The fourth-order valence-corrected chi connectivity index (χ4v) is 6.52. The molecule has 4 rings (SSSR count). The van der Waals surface area contributed by atoms with E-state index >= 15 is 0 Å². The van der Waals surface area contributed by atoms with Crippen LogP contribution in [-0.4, -0.2) is 93.0 Å². The number of hydrogen-bond acceptors (Lipinski definition) is 9. The van der Waals surface area contributed by atoms with Crippen molar-refractivity contribution in [1.29, 1.82) is 0 Å². The van der Waals surface area contributed by atoms with Crippen molar-refractivity contribution >= 4 is 23.6 Å². The third-order valence-corrected chi connectivity index (χ3v) is 8.94. The van der Waals surface area contributed by atoms with Gasteiger partial charge in [-0.3, -0.25) is 19.2 Å². The van der Waals surface area contributed by atoms with Crippen molar-refractivity contribution in [3.63, 3.8) is 0 Å². The van der Waals surface area contributed by atoms with Gasteiger partial charge in [-0.05, 0) is 43.2 Å². The van der Waals surface area contributed by atoms with Crippen LogP contribution in [0.4, 0.5) is 0 Å². The molecule has 48 heavy (non-hydrogen) atoms. The first-order chi connectivity index (χ1) is 23.0. The number of aliphatic hydroxyl groups excluding tert-OH is 1. The van der Waals surface area contributed by atoms with Crippen LogP contribution in [-0.2, 0) is 27.4 Å². The van der Waals surface area contributed by atoms with Gasteiger partial charge in [0.25, 0.3) is 5.91 Å². The zero-order chi connectivity index (χ0) is 34.8. The molecule has 0 unspecified atom stereocenters. The fraction of sp³-hybridized carbons (Fsp3) is 0.657. The molecule has 0 saturated carbocycles. The molecule has 2 aliphatic rings. The number of amides is 4. The highest BCUT2D eigenvalue weighted by atomic mass is 16.5.